The van der Waals surface area contributed by atoms with Crippen LogP contribution in [0.3, 0.4) is 0 Å². The first kappa shape index (κ1) is 16.6. The van der Waals surface area contributed by atoms with Crippen molar-refractivity contribution in [3.63, 3.8) is 0 Å². The van der Waals surface area contributed by atoms with Crippen molar-refractivity contribution in [3.8, 4) is 5.75 Å². The Hall–Kier alpha value is -2.76. The third-order valence-corrected chi connectivity index (χ3v) is 3.39. The molecule has 6 nitrogen and oxygen atoms in total. The number of nitrogens with one attached hydrogen (secondary N) is 2. The van der Waals surface area contributed by atoms with Crippen LogP contribution in [0.5, 0.6) is 5.75 Å². The molecule has 2 rings (SSSR count). The van der Waals surface area contributed by atoms with Crippen LogP contribution >= 0.6 is 0 Å². The largest absolute Gasteiger partial charge is 0.483 e. The molecule has 0 saturated carbocycles. The number of furan rings is 1. The minimum absolute atomic E-state index is 0.0591. The third kappa shape index (κ3) is 4.88. The summed E-state index contributed by atoms with van der Waals surface area (Å²) in [6.07, 6.45) is 1.43. The van der Waals surface area contributed by atoms with Crippen LogP contribution in [0.4, 0.5) is 0 Å². The predicted octanol–water partition coefficient (Wildman–Crippen LogP) is 1.82. The van der Waals surface area contributed by atoms with E-state index in [-0.39, 0.29) is 24.2 Å². The molecule has 1 aromatic heterocycles. The van der Waals surface area contributed by atoms with E-state index in [0.29, 0.717) is 18.8 Å². The fourth-order valence-corrected chi connectivity index (χ4v) is 1.95. The highest BCUT2D eigenvalue weighted by Gasteiger charge is 2.08. The third-order valence-electron chi connectivity index (χ3n) is 3.39. The van der Waals surface area contributed by atoms with Gasteiger partial charge in [0.05, 0.1) is 6.26 Å². The number of benzene rings is 1. The van der Waals surface area contributed by atoms with Gasteiger partial charge in [0.15, 0.2) is 12.4 Å². The van der Waals surface area contributed by atoms with Gasteiger partial charge in [0.1, 0.15) is 5.75 Å². The maximum absolute atomic E-state index is 11.7. The Kier molecular flexibility index (Phi) is 5.80. The number of ether oxygens (including phenoxy) is 1. The Balaban J connectivity index is 1.65. The predicted molar refractivity (Wildman–Crippen MR) is 85.5 cm³/mol. The maximum atomic E-state index is 11.7. The molecule has 1 aromatic carbocycles. The fourth-order valence-electron chi connectivity index (χ4n) is 1.95. The average molecular weight is 316 g/mol. The number of hydrogen-bond donors (Lipinski definition) is 2. The van der Waals surface area contributed by atoms with Crippen LogP contribution in [0.15, 0.2) is 41.0 Å². The molecule has 0 saturated heterocycles. The van der Waals surface area contributed by atoms with Gasteiger partial charge >= 0.3 is 0 Å². The summed E-state index contributed by atoms with van der Waals surface area (Å²) in [5.41, 5.74) is 2.13. The lowest BCUT2D eigenvalue weighted by atomic mass is 10.1. The zero-order valence-corrected chi connectivity index (χ0v) is 13.2. The molecule has 2 amide bonds. The van der Waals surface area contributed by atoms with Crippen LogP contribution in [0.1, 0.15) is 21.7 Å². The number of hydrogen-bond acceptors (Lipinski definition) is 4. The van der Waals surface area contributed by atoms with Crippen molar-refractivity contribution < 1.29 is 18.7 Å². The van der Waals surface area contributed by atoms with E-state index in [1.54, 1.807) is 12.1 Å². The first-order valence-electron chi connectivity index (χ1n) is 7.35. The summed E-state index contributed by atoms with van der Waals surface area (Å²) < 4.78 is 10.5. The molecule has 0 spiro atoms. The molecule has 2 aromatic rings. The highest BCUT2D eigenvalue weighted by molar-refractivity contribution is 5.91. The van der Waals surface area contributed by atoms with Gasteiger partial charge < -0.3 is 19.8 Å². The van der Waals surface area contributed by atoms with Gasteiger partial charge in [0.2, 0.25) is 0 Å². The van der Waals surface area contributed by atoms with Crippen LogP contribution in [0.2, 0.25) is 0 Å². The van der Waals surface area contributed by atoms with Crippen LogP contribution in [-0.4, -0.2) is 31.5 Å². The van der Waals surface area contributed by atoms with Gasteiger partial charge in [-0.15, -0.1) is 0 Å². The molecule has 23 heavy (non-hydrogen) atoms. The smallest absolute Gasteiger partial charge is 0.287 e. The highest BCUT2D eigenvalue weighted by atomic mass is 16.5. The Morgan fingerprint density at radius 1 is 1.09 bits per heavy atom. The number of carbonyl (C=O) groups excluding carboxylic acids is 2. The first-order valence-corrected chi connectivity index (χ1v) is 7.35. The van der Waals surface area contributed by atoms with Crippen LogP contribution < -0.4 is 15.4 Å². The van der Waals surface area contributed by atoms with Crippen molar-refractivity contribution in [2.24, 2.45) is 0 Å². The zero-order chi connectivity index (χ0) is 16.7. The number of carbonyl (C=O) groups is 2. The summed E-state index contributed by atoms with van der Waals surface area (Å²) >= 11 is 0. The molecule has 0 aliphatic rings. The maximum Gasteiger partial charge on any atom is 0.287 e. The van der Waals surface area contributed by atoms with Crippen molar-refractivity contribution in [3.05, 3.63) is 53.5 Å². The van der Waals surface area contributed by atoms with Gasteiger partial charge in [-0.2, -0.15) is 0 Å². The lowest BCUT2D eigenvalue weighted by Crippen LogP contribution is -2.36. The Morgan fingerprint density at radius 2 is 1.87 bits per heavy atom. The minimum atomic E-state index is -0.309. The normalized spacial score (nSPS) is 10.2. The second-order valence-corrected chi connectivity index (χ2v) is 5.07. The number of aryl methyl sites for hydroxylation is 1. The molecule has 0 aliphatic heterocycles. The Morgan fingerprint density at radius 3 is 2.61 bits per heavy atom. The molecule has 0 bridgehead atoms. The van der Waals surface area contributed by atoms with Gasteiger partial charge in [-0.05, 0) is 43.2 Å². The summed E-state index contributed by atoms with van der Waals surface area (Å²) in [5.74, 6) is 0.398. The van der Waals surface area contributed by atoms with Crippen molar-refractivity contribution in [1.29, 1.82) is 0 Å². The first-order chi connectivity index (χ1) is 11.1. The quantitative estimate of drug-likeness (QED) is 0.764. The SMILES string of the molecule is Cc1cccc(OCC(=O)NCCNC(=O)c2ccco2)c1C. The Bertz CT molecular complexity index is 665. The second kappa shape index (κ2) is 8.03. The van der Waals surface area contributed by atoms with E-state index in [9.17, 15) is 9.59 Å². The topological polar surface area (TPSA) is 80.6 Å². The molecule has 0 fully saturated rings. The number of amides is 2. The van der Waals surface area contributed by atoms with E-state index in [2.05, 4.69) is 10.6 Å². The molecule has 1 heterocycles. The van der Waals surface area contributed by atoms with Gasteiger partial charge in [-0.3, -0.25) is 9.59 Å². The van der Waals surface area contributed by atoms with E-state index in [1.807, 2.05) is 32.0 Å². The molecule has 0 aliphatic carbocycles. The van der Waals surface area contributed by atoms with Gasteiger partial charge in [-0.1, -0.05) is 12.1 Å². The van der Waals surface area contributed by atoms with Gasteiger partial charge in [-0.25, -0.2) is 0 Å². The average Bonchev–Trinajstić information content (AvgIpc) is 3.07. The molecule has 122 valence electrons. The summed E-state index contributed by atoms with van der Waals surface area (Å²) in [6, 6.07) is 8.93. The lowest BCUT2D eigenvalue weighted by Gasteiger charge is -2.11. The molecule has 2 N–H and O–H groups in total. The monoisotopic (exact) mass is 316 g/mol. The van der Waals surface area contributed by atoms with Crippen molar-refractivity contribution >= 4 is 11.8 Å². The van der Waals surface area contributed by atoms with E-state index in [1.165, 1.54) is 6.26 Å². The summed E-state index contributed by atoms with van der Waals surface area (Å²) in [6.45, 7) is 4.52. The van der Waals surface area contributed by atoms with E-state index < -0.39 is 0 Å². The van der Waals surface area contributed by atoms with Crippen molar-refractivity contribution in [1.82, 2.24) is 10.6 Å². The van der Waals surface area contributed by atoms with Crippen LogP contribution in [-0.2, 0) is 4.79 Å². The minimum Gasteiger partial charge on any atom is -0.483 e. The van der Waals surface area contributed by atoms with E-state index in [0.717, 1.165) is 11.1 Å². The molecule has 0 radical (unpaired) electrons. The fraction of sp³-hybridized carbons (Fsp3) is 0.294. The summed E-state index contributed by atoms with van der Waals surface area (Å²) in [4.78, 5) is 23.3. The number of rotatable bonds is 7. The lowest BCUT2D eigenvalue weighted by molar-refractivity contribution is -0.123. The highest BCUT2D eigenvalue weighted by Crippen LogP contribution is 2.20. The van der Waals surface area contributed by atoms with E-state index >= 15 is 0 Å². The Labute approximate surface area is 134 Å². The molecular formula is C17H20N2O4. The molecule has 0 atom stereocenters. The summed E-state index contributed by atoms with van der Waals surface area (Å²) in [5, 5.41) is 5.32. The zero-order valence-electron chi connectivity index (χ0n) is 13.2. The van der Waals surface area contributed by atoms with Crippen LogP contribution in [0.25, 0.3) is 0 Å². The second-order valence-electron chi connectivity index (χ2n) is 5.07. The van der Waals surface area contributed by atoms with Gasteiger partial charge in [0, 0.05) is 13.1 Å². The summed E-state index contributed by atoms with van der Waals surface area (Å²) in [7, 11) is 0. The molecule has 0 unspecified atom stereocenters. The van der Waals surface area contributed by atoms with E-state index in [4.69, 9.17) is 9.15 Å². The van der Waals surface area contributed by atoms with Crippen molar-refractivity contribution in [2.45, 2.75) is 13.8 Å². The molecular weight excluding hydrogens is 296 g/mol. The van der Waals surface area contributed by atoms with Crippen molar-refractivity contribution in [2.75, 3.05) is 19.7 Å². The molecule has 6 heteroatoms. The van der Waals surface area contributed by atoms with Gasteiger partial charge in [0.25, 0.3) is 11.8 Å². The van der Waals surface area contributed by atoms with Crippen LogP contribution in [0, 0.1) is 13.8 Å². The standard InChI is InChI=1S/C17H20N2O4/c1-12-5-3-6-14(13(12)2)23-11-16(20)18-8-9-19-17(21)15-7-4-10-22-15/h3-7,10H,8-9,11H2,1-2H3,(H,18,20)(H,19,21).